The van der Waals surface area contributed by atoms with E-state index < -0.39 is 0 Å². The van der Waals surface area contributed by atoms with E-state index >= 15 is 0 Å². The van der Waals surface area contributed by atoms with Gasteiger partial charge in [0.2, 0.25) is 0 Å². The van der Waals surface area contributed by atoms with Crippen LogP contribution in [0.5, 0.6) is 0 Å². The van der Waals surface area contributed by atoms with E-state index in [0.29, 0.717) is 12.3 Å². The van der Waals surface area contributed by atoms with Crippen LogP contribution in [0.3, 0.4) is 0 Å². The Morgan fingerprint density at radius 2 is 2.38 bits per heavy atom. The number of benzene rings is 1. The van der Waals surface area contributed by atoms with Gasteiger partial charge in [0.1, 0.15) is 6.29 Å². The first kappa shape index (κ1) is 8.95. The molecule has 68 valence electrons. The average molecular weight is 239 g/mol. The van der Waals surface area contributed by atoms with Gasteiger partial charge >= 0.3 is 0 Å². The van der Waals surface area contributed by atoms with E-state index in [1.807, 2.05) is 0 Å². The third-order valence-corrected chi connectivity index (χ3v) is 3.18. The van der Waals surface area contributed by atoms with Gasteiger partial charge in [-0.05, 0) is 42.0 Å². The summed E-state index contributed by atoms with van der Waals surface area (Å²) in [7, 11) is 0. The van der Waals surface area contributed by atoms with Crippen molar-refractivity contribution in [2.75, 3.05) is 0 Å². The molecular formula is C11H11BrO. The summed E-state index contributed by atoms with van der Waals surface area (Å²) in [5, 5.41) is 0. The number of aryl methyl sites for hydroxylation is 1. The van der Waals surface area contributed by atoms with Crippen molar-refractivity contribution in [1.29, 1.82) is 0 Å². The molecule has 1 aliphatic carbocycles. The molecule has 0 amide bonds. The molecule has 0 aromatic heterocycles. The van der Waals surface area contributed by atoms with Crippen molar-refractivity contribution in [3.8, 4) is 0 Å². The normalized spacial score (nSPS) is 19.9. The highest BCUT2D eigenvalue weighted by atomic mass is 79.9. The molecule has 1 nitrogen and oxygen atoms in total. The molecular weight excluding hydrogens is 228 g/mol. The molecule has 0 spiro atoms. The predicted molar refractivity (Wildman–Crippen MR) is 55.9 cm³/mol. The maximum atomic E-state index is 10.4. The third kappa shape index (κ3) is 1.68. The van der Waals surface area contributed by atoms with Gasteiger partial charge in [-0.3, -0.25) is 0 Å². The number of carbonyl (C=O) groups excluding carboxylic acids is 1. The summed E-state index contributed by atoms with van der Waals surface area (Å²) in [5.74, 6) is 0.473. The maximum absolute atomic E-state index is 10.4. The van der Waals surface area contributed by atoms with E-state index in [0.717, 1.165) is 23.6 Å². The van der Waals surface area contributed by atoms with Gasteiger partial charge in [0.05, 0.1) is 0 Å². The SMILES string of the molecule is O=CCC1CCc2cc(Br)ccc21. The fourth-order valence-electron chi connectivity index (χ4n) is 2.04. The zero-order chi connectivity index (χ0) is 9.26. The lowest BCUT2D eigenvalue weighted by atomic mass is 9.99. The molecule has 1 aliphatic rings. The van der Waals surface area contributed by atoms with Crippen LogP contribution >= 0.6 is 15.9 Å². The molecule has 0 saturated heterocycles. The Hall–Kier alpha value is -0.630. The smallest absolute Gasteiger partial charge is 0.120 e. The van der Waals surface area contributed by atoms with Crippen LogP contribution in [0.2, 0.25) is 0 Å². The highest BCUT2D eigenvalue weighted by Gasteiger charge is 2.21. The Labute approximate surface area is 86.3 Å². The Balaban J connectivity index is 2.32. The van der Waals surface area contributed by atoms with Gasteiger partial charge in [-0.2, -0.15) is 0 Å². The summed E-state index contributed by atoms with van der Waals surface area (Å²) in [6.07, 6.45) is 3.95. The number of fused-ring (bicyclic) bond motifs is 1. The molecule has 1 aromatic carbocycles. The van der Waals surface area contributed by atoms with Crippen molar-refractivity contribution in [2.24, 2.45) is 0 Å². The second-order valence-corrected chi connectivity index (χ2v) is 4.40. The fraction of sp³-hybridized carbons (Fsp3) is 0.364. The van der Waals surface area contributed by atoms with E-state index in [9.17, 15) is 4.79 Å². The minimum Gasteiger partial charge on any atom is -0.303 e. The van der Waals surface area contributed by atoms with Crippen LogP contribution < -0.4 is 0 Å². The highest BCUT2D eigenvalue weighted by Crippen LogP contribution is 2.36. The van der Waals surface area contributed by atoms with Crippen molar-refractivity contribution < 1.29 is 4.79 Å². The van der Waals surface area contributed by atoms with Crippen molar-refractivity contribution in [2.45, 2.75) is 25.2 Å². The molecule has 13 heavy (non-hydrogen) atoms. The standard InChI is InChI=1S/C11H11BrO/c12-10-3-4-11-8(5-6-13)1-2-9(11)7-10/h3-4,6-8H,1-2,5H2. The lowest BCUT2D eigenvalue weighted by Crippen LogP contribution is -1.93. The summed E-state index contributed by atoms with van der Waals surface area (Å²) in [4.78, 5) is 10.4. The number of rotatable bonds is 2. The minimum atomic E-state index is 0.473. The van der Waals surface area contributed by atoms with Crippen molar-refractivity contribution in [3.05, 3.63) is 33.8 Å². The molecule has 1 unspecified atom stereocenters. The quantitative estimate of drug-likeness (QED) is 0.725. The molecule has 0 heterocycles. The molecule has 0 aliphatic heterocycles. The van der Waals surface area contributed by atoms with Gasteiger partial charge in [0.15, 0.2) is 0 Å². The summed E-state index contributed by atoms with van der Waals surface area (Å²) in [6.45, 7) is 0. The van der Waals surface area contributed by atoms with Gasteiger partial charge in [0.25, 0.3) is 0 Å². The average Bonchev–Trinajstić information content (AvgIpc) is 2.49. The van der Waals surface area contributed by atoms with Crippen molar-refractivity contribution in [3.63, 3.8) is 0 Å². The highest BCUT2D eigenvalue weighted by molar-refractivity contribution is 9.10. The van der Waals surface area contributed by atoms with Crippen LogP contribution in [0.4, 0.5) is 0 Å². The molecule has 0 saturated carbocycles. The lowest BCUT2D eigenvalue weighted by molar-refractivity contribution is -0.108. The number of halogens is 1. The molecule has 0 fully saturated rings. The van der Waals surface area contributed by atoms with E-state index in [1.165, 1.54) is 11.1 Å². The van der Waals surface area contributed by atoms with Crippen LogP contribution in [0, 0.1) is 0 Å². The first-order valence-corrected chi connectivity index (χ1v) is 5.32. The van der Waals surface area contributed by atoms with Gasteiger partial charge in [0, 0.05) is 10.9 Å². The van der Waals surface area contributed by atoms with E-state index in [4.69, 9.17) is 0 Å². The van der Waals surface area contributed by atoms with Crippen molar-refractivity contribution >= 4 is 22.2 Å². The Bertz CT molecular complexity index is 333. The summed E-state index contributed by atoms with van der Waals surface area (Å²) >= 11 is 3.45. The molecule has 1 aromatic rings. The monoisotopic (exact) mass is 238 g/mol. The van der Waals surface area contributed by atoms with E-state index in [1.54, 1.807) is 0 Å². The zero-order valence-corrected chi connectivity index (χ0v) is 8.88. The van der Waals surface area contributed by atoms with Gasteiger partial charge in [-0.25, -0.2) is 0 Å². The number of aldehydes is 1. The summed E-state index contributed by atoms with van der Waals surface area (Å²) < 4.78 is 1.14. The van der Waals surface area contributed by atoms with Crippen LogP contribution in [-0.2, 0) is 11.2 Å². The van der Waals surface area contributed by atoms with Crippen LogP contribution in [0.25, 0.3) is 0 Å². The first-order valence-electron chi connectivity index (χ1n) is 4.53. The fourth-order valence-corrected chi connectivity index (χ4v) is 2.44. The van der Waals surface area contributed by atoms with Crippen LogP contribution in [0.15, 0.2) is 22.7 Å². The number of hydrogen-bond donors (Lipinski definition) is 0. The van der Waals surface area contributed by atoms with Gasteiger partial charge < -0.3 is 4.79 Å². The van der Waals surface area contributed by atoms with Crippen LogP contribution in [0.1, 0.15) is 29.9 Å². The van der Waals surface area contributed by atoms with Crippen LogP contribution in [-0.4, -0.2) is 6.29 Å². The van der Waals surface area contributed by atoms with E-state index in [-0.39, 0.29) is 0 Å². The molecule has 0 N–H and O–H groups in total. The number of carbonyl (C=O) groups is 1. The van der Waals surface area contributed by atoms with Crippen molar-refractivity contribution in [1.82, 2.24) is 0 Å². The van der Waals surface area contributed by atoms with Gasteiger partial charge in [-0.1, -0.05) is 22.0 Å². The minimum absolute atomic E-state index is 0.473. The Morgan fingerprint density at radius 1 is 1.54 bits per heavy atom. The topological polar surface area (TPSA) is 17.1 Å². The molecule has 0 radical (unpaired) electrons. The second kappa shape index (κ2) is 3.62. The second-order valence-electron chi connectivity index (χ2n) is 3.48. The Morgan fingerprint density at radius 3 is 3.15 bits per heavy atom. The Kier molecular flexibility index (Phi) is 2.49. The maximum Gasteiger partial charge on any atom is 0.120 e. The number of hydrogen-bond acceptors (Lipinski definition) is 1. The molecule has 2 heteroatoms. The molecule has 0 bridgehead atoms. The van der Waals surface area contributed by atoms with E-state index in [2.05, 4.69) is 34.1 Å². The van der Waals surface area contributed by atoms with Gasteiger partial charge in [-0.15, -0.1) is 0 Å². The molecule has 2 rings (SSSR count). The third-order valence-electron chi connectivity index (χ3n) is 2.69. The summed E-state index contributed by atoms with van der Waals surface area (Å²) in [6, 6.07) is 6.36. The lowest BCUT2D eigenvalue weighted by Gasteiger charge is -2.06. The zero-order valence-electron chi connectivity index (χ0n) is 7.29. The predicted octanol–water partition coefficient (Wildman–Crippen LogP) is 3.07. The molecule has 1 atom stereocenters. The largest absolute Gasteiger partial charge is 0.303 e. The first-order chi connectivity index (χ1) is 6.31. The summed E-state index contributed by atoms with van der Waals surface area (Å²) in [5.41, 5.74) is 2.77.